The van der Waals surface area contributed by atoms with Gasteiger partial charge in [0.15, 0.2) is 0 Å². The summed E-state index contributed by atoms with van der Waals surface area (Å²) in [7, 11) is 0. The van der Waals surface area contributed by atoms with Gasteiger partial charge >= 0.3 is 0 Å². The molecule has 0 aromatic carbocycles. The van der Waals surface area contributed by atoms with Gasteiger partial charge in [-0.2, -0.15) is 0 Å². The Morgan fingerprint density at radius 2 is 1.85 bits per heavy atom. The van der Waals surface area contributed by atoms with E-state index < -0.39 is 0 Å². The van der Waals surface area contributed by atoms with E-state index in [1.165, 1.54) is 19.3 Å². The van der Waals surface area contributed by atoms with E-state index in [0.717, 1.165) is 13.0 Å². The highest BCUT2D eigenvalue weighted by atomic mass is 16.2. The highest BCUT2D eigenvalue weighted by molar-refractivity contribution is 6.10. The van der Waals surface area contributed by atoms with Gasteiger partial charge in [0.05, 0.1) is 11.8 Å². The van der Waals surface area contributed by atoms with Gasteiger partial charge in [-0.15, -0.1) is 0 Å². The number of imide groups is 1. The van der Waals surface area contributed by atoms with Crippen LogP contribution in [0.5, 0.6) is 0 Å². The number of nitrogens with zero attached hydrogens (tertiary/aromatic N) is 1. The number of hydrogen-bond acceptors (Lipinski definition) is 3. The zero-order valence-electron chi connectivity index (χ0n) is 12.8. The second-order valence-corrected chi connectivity index (χ2v) is 7.25. The molecular weight excluding hydrogens is 252 g/mol. The molecule has 1 heterocycles. The van der Waals surface area contributed by atoms with Crippen LogP contribution in [0.25, 0.3) is 0 Å². The van der Waals surface area contributed by atoms with Crippen molar-refractivity contribution < 1.29 is 9.59 Å². The topological polar surface area (TPSA) is 49.4 Å². The van der Waals surface area contributed by atoms with Gasteiger partial charge in [-0.1, -0.05) is 27.2 Å². The molecule has 20 heavy (non-hydrogen) atoms. The third kappa shape index (κ3) is 2.00. The minimum Gasteiger partial charge on any atom is -0.314 e. The largest absolute Gasteiger partial charge is 0.314 e. The van der Waals surface area contributed by atoms with E-state index in [-0.39, 0.29) is 29.1 Å². The molecule has 0 bridgehead atoms. The monoisotopic (exact) mass is 278 g/mol. The van der Waals surface area contributed by atoms with Gasteiger partial charge in [0.25, 0.3) is 0 Å². The van der Waals surface area contributed by atoms with Crippen LogP contribution in [-0.2, 0) is 9.59 Å². The number of rotatable bonds is 5. The summed E-state index contributed by atoms with van der Waals surface area (Å²) in [6.45, 7) is 7.84. The summed E-state index contributed by atoms with van der Waals surface area (Å²) in [6, 6.07) is 0.582. The van der Waals surface area contributed by atoms with Crippen molar-refractivity contribution in [2.45, 2.75) is 52.5 Å². The third-order valence-corrected chi connectivity index (χ3v) is 5.74. The van der Waals surface area contributed by atoms with Crippen LogP contribution in [0, 0.1) is 23.2 Å². The van der Waals surface area contributed by atoms with E-state index in [2.05, 4.69) is 12.2 Å². The molecule has 4 unspecified atom stereocenters. The Kier molecular flexibility index (Phi) is 3.39. The maximum atomic E-state index is 12.3. The molecule has 0 spiro atoms. The third-order valence-electron chi connectivity index (χ3n) is 5.74. The van der Waals surface area contributed by atoms with Crippen molar-refractivity contribution in [3.63, 3.8) is 0 Å². The quantitative estimate of drug-likeness (QED) is 0.780. The maximum Gasteiger partial charge on any atom is 0.233 e. The van der Waals surface area contributed by atoms with Crippen molar-refractivity contribution in [1.82, 2.24) is 10.2 Å². The van der Waals surface area contributed by atoms with E-state index in [9.17, 15) is 9.59 Å². The van der Waals surface area contributed by atoms with Crippen LogP contribution in [0.3, 0.4) is 0 Å². The first kappa shape index (κ1) is 14.1. The average molecular weight is 278 g/mol. The molecule has 4 nitrogen and oxygen atoms in total. The van der Waals surface area contributed by atoms with Gasteiger partial charge in [-0.3, -0.25) is 14.5 Å². The van der Waals surface area contributed by atoms with Crippen molar-refractivity contribution in [2.24, 2.45) is 23.2 Å². The number of amides is 2. The predicted molar refractivity (Wildman–Crippen MR) is 76.9 cm³/mol. The summed E-state index contributed by atoms with van der Waals surface area (Å²) in [4.78, 5) is 26.1. The van der Waals surface area contributed by atoms with Crippen LogP contribution in [0.15, 0.2) is 0 Å². The molecule has 2 amide bonds. The van der Waals surface area contributed by atoms with E-state index in [1.54, 1.807) is 4.90 Å². The molecule has 2 aliphatic carbocycles. The number of hydrogen-bond donors (Lipinski definition) is 1. The van der Waals surface area contributed by atoms with Crippen molar-refractivity contribution in [1.29, 1.82) is 0 Å². The minimum absolute atomic E-state index is 0.0249. The lowest BCUT2D eigenvalue weighted by Gasteiger charge is -2.25. The first-order valence-electron chi connectivity index (χ1n) is 8.07. The molecule has 2 saturated carbocycles. The van der Waals surface area contributed by atoms with Crippen LogP contribution in [0.1, 0.15) is 46.5 Å². The fourth-order valence-electron chi connectivity index (χ4n) is 4.43. The molecule has 1 aliphatic heterocycles. The van der Waals surface area contributed by atoms with Crippen LogP contribution < -0.4 is 5.32 Å². The zero-order chi connectivity index (χ0) is 14.5. The summed E-state index contributed by atoms with van der Waals surface area (Å²) in [6.07, 6.45) is 4.70. The van der Waals surface area contributed by atoms with Crippen LogP contribution in [0.4, 0.5) is 0 Å². The summed E-state index contributed by atoms with van der Waals surface area (Å²) < 4.78 is 0. The van der Waals surface area contributed by atoms with Crippen LogP contribution >= 0.6 is 0 Å². The van der Waals surface area contributed by atoms with Gasteiger partial charge in [0.1, 0.15) is 0 Å². The van der Waals surface area contributed by atoms with Crippen LogP contribution in [-0.4, -0.2) is 35.8 Å². The summed E-state index contributed by atoms with van der Waals surface area (Å²) >= 11 is 0. The first-order chi connectivity index (χ1) is 9.48. The molecule has 0 radical (unpaired) electrons. The van der Waals surface area contributed by atoms with Gasteiger partial charge in [0, 0.05) is 12.6 Å². The van der Waals surface area contributed by atoms with Gasteiger partial charge in [-0.05, 0) is 37.1 Å². The van der Waals surface area contributed by atoms with E-state index in [4.69, 9.17) is 0 Å². The highest BCUT2D eigenvalue weighted by Gasteiger charge is 2.72. The Balaban J connectivity index is 1.55. The number of nitrogens with one attached hydrogen (secondary N) is 1. The normalized spacial score (nSPS) is 38.5. The zero-order valence-corrected chi connectivity index (χ0v) is 12.8. The van der Waals surface area contributed by atoms with Gasteiger partial charge in [-0.25, -0.2) is 0 Å². The molecule has 0 aromatic rings. The number of likely N-dealkylation sites (tertiary alicyclic amines) is 1. The molecule has 3 fully saturated rings. The summed E-state index contributed by atoms with van der Waals surface area (Å²) in [5.74, 6) is 0.748. The standard InChI is InChI=1S/C16H26N2O2/c1-4-17-11-7-5-6-10(11)8-9-18-14(19)12-13(15(18)20)16(12,2)3/h10-13,17H,4-9H2,1-3H3. The first-order valence-corrected chi connectivity index (χ1v) is 8.07. The van der Waals surface area contributed by atoms with Crippen LogP contribution in [0.2, 0.25) is 0 Å². The average Bonchev–Trinajstić information content (AvgIpc) is 2.70. The van der Waals surface area contributed by atoms with E-state index in [1.807, 2.05) is 13.8 Å². The Morgan fingerprint density at radius 3 is 2.45 bits per heavy atom. The Bertz CT molecular complexity index is 408. The second-order valence-electron chi connectivity index (χ2n) is 7.25. The van der Waals surface area contributed by atoms with Crippen molar-refractivity contribution in [3.05, 3.63) is 0 Å². The molecule has 0 aromatic heterocycles. The van der Waals surface area contributed by atoms with Crippen molar-refractivity contribution in [3.8, 4) is 0 Å². The molecule has 4 atom stereocenters. The van der Waals surface area contributed by atoms with Crippen molar-refractivity contribution in [2.75, 3.05) is 13.1 Å². The Labute approximate surface area is 121 Å². The molecule has 112 valence electrons. The summed E-state index contributed by atoms with van der Waals surface area (Å²) in [5.41, 5.74) is -0.0790. The number of carbonyl (C=O) groups excluding carboxylic acids is 2. The predicted octanol–water partition coefficient (Wildman–Crippen LogP) is 1.80. The minimum atomic E-state index is -0.0790. The molecule has 1 N–H and O–H groups in total. The SMILES string of the molecule is CCNC1CCCC1CCN1C(=O)C2C(C1=O)C2(C)C. The fraction of sp³-hybridized carbons (Fsp3) is 0.875. The fourth-order valence-corrected chi connectivity index (χ4v) is 4.43. The highest BCUT2D eigenvalue weighted by Crippen LogP contribution is 2.63. The Morgan fingerprint density at radius 1 is 1.20 bits per heavy atom. The molecule has 4 heteroatoms. The van der Waals surface area contributed by atoms with E-state index >= 15 is 0 Å². The molecule has 1 saturated heterocycles. The number of carbonyl (C=O) groups is 2. The van der Waals surface area contributed by atoms with E-state index in [0.29, 0.717) is 18.5 Å². The molecule has 3 aliphatic rings. The second kappa shape index (κ2) is 4.83. The molecular formula is C16H26N2O2. The lowest BCUT2D eigenvalue weighted by atomic mass is 9.98. The summed E-state index contributed by atoms with van der Waals surface area (Å²) in [5, 5.41) is 3.53. The lowest BCUT2D eigenvalue weighted by molar-refractivity contribution is -0.143. The molecule has 3 rings (SSSR count). The Hall–Kier alpha value is -0.900. The van der Waals surface area contributed by atoms with Gasteiger partial charge in [0.2, 0.25) is 11.8 Å². The number of fused-ring (bicyclic) bond motifs is 1. The lowest BCUT2D eigenvalue weighted by Crippen LogP contribution is -2.39. The number of piperidine rings is 1. The smallest absolute Gasteiger partial charge is 0.233 e. The van der Waals surface area contributed by atoms with Crippen molar-refractivity contribution >= 4 is 11.8 Å². The van der Waals surface area contributed by atoms with Gasteiger partial charge < -0.3 is 5.32 Å². The maximum absolute atomic E-state index is 12.3.